The summed E-state index contributed by atoms with van der Waals surface area (Å²) in [5.41, 5.74) is 3.79. The largest absolute Gasteiger partial charge is 0.350 e. The molecule has 0 bridgehead atoms. The number of rotatable bonds is 5. The van der Waals surface area contributed by atoms with Crippen molar-refractivity contribution in [3.63, 3.8) is 0 Å². The van der Waals surface area contributed by atoms with Crippen LogP contribution in [0.15, 0.2) is 42.5 Å². The highest BCUT2D eigenvalue weighted by atomic mass is 35.5. The molecule has 178 valence electrons. The van der Waals surface area contributed by atoms with E-state index in [9.17, 15) is 9.59 Å². The number of hydrogen-bond donors (Lipinski definition) is 1. The van der Waals surface area contributed by atoms with Gasteiger partial charge in [0, 0.05) is 13.1 Å². The number of nitrogens with one attached hydrogen (secondary N) is 1. The first-order chi connectivity index (χ1) is 16.9. The van der Waals surface area contributed by atoms with Gasteiger partial charge in [-0.15, -0.1) is 22.7 Å². The summed E-state index contributed by atoms with van der Waals surface area (Å²) in [5.74, 6) is 0.680. The summed E-state index contributed by atoms with van der Waals surface area (Å²) in [5, 5.41) is 3.94. The van der Waals surface area contributed by atoms with Crippen LogP contribution in [-0.4, -0.2) is 45.8 Å². The van der Waals surface area contributed by atoms with E-state index in [-0.39, 0.29) is 17.9 Å². The number of carbonyl (C=O) groups excluding carboxylic acids is 2. The van der Waals surface area contributed by atoms with Crippen LogP contribution in [0.25, 0.3) is 20.7 Å². The van der Waals surface area contributed by atoms with Crippen molar-refractivity contribution in [2.24, 2.45) is 11.8 Å². The monoisotopic (exact) mass is 522 g/mol. The number of fused-ring (bicyclic) bond motifs is 2. The van der Waals surface area contributed by atoms with Crippen LogP contribution in [0, 0.1) is 25.7 Å². The van der Waals surface area contributed by atoms with Gasteiger partial charge < -0.3 is 10.2 Å². The molecule has 2 fully saturated rings. The van der Waals surface area contributed by atoms with Gasteiger partial charge in [0.15, 0.2) is 4.47 Å². The van der Waals surface area contributed by atoms with E-state index < -0.39 is 0 Å². The highest BCUT2D eigenvalue weighted by Gasteiger charge is 2.54. The molecule has 9 heteroatoms. The molecule has 2 amide bonds. The van der Waals surface area contributed by atoms with Gasteiger partial charge in [-0.2, -0.15) is 0 Å². The van der Waals surface area contributed by atoms with E-state index in [1.54, 1.807) is 17.4 Å². The first-order valence-electron chi connectivity index (χ1n) is 11.6. The molecular formula is C26H23ClN4O2S2. The fourth-order valence-corrected chi connectivity index (χ4v) is 7.11. The van der Waals surface area contributed by atoms with Crippen LogP contribution in [0.1, 0.15) is 37.8 Å². The number of piperidine rings is 1. The lowest BCUT2D eigenvalue weighted by atomic mass is 10.1. The Morgan fingerprint density at radius 3 is 2.80 bits per heavy atom. The molecule has 3 atom stereocenters. The lowest BCUT2D eigenvalue weighted by Crippen LogP contribution is -2.45. The number of nitrogens with zero attached hydrogens (tertiary/aromatic N) is 3. The number of benzene rings is 2. The SMILES string of the molecule is Cc1cccc(-c2sc(C)nc2C(=O)N2C[C@@H]3C[C@@H]3[C@H]2CNC(=O)c2cccc3sc(Cl)nc23)c1. The predicted octanol–water partition coefficient (Wildman–Crippen LogP) is 5.58. The first-order valence-corrected chi connectivity index (χ1v) is 13.6. The first kappa shape index (κ1) is 22.6. The molecular weight excluding hydrogens is 500 g/mol. The number of amides is 2. The van der Waals surface area contributed by atoms with Gasteiger partial charge in [-0.1, -0.05) is 47.5 Å². The van der Waals surface area contributed by atoms with Crippen molar-refractivity contribution in [3.8, 4) is 10.4 Å². The zero-order chi connectivity index (χ0) is 24.3. The Hall–Kier alpha value is -2.81. The Bertz CT molecular complexity index is 1480. The van der Waals surface area contributed by atoms with E-state index in [1.807, 2.05) is 49.1 Å². The molecule has 1 aliphatic heterocycles. The van der Waals surface area contributed by atoms with Gasteiger partial charge >= 0.3 is 0 Å². The third-order valence-electron chi connectivity index (χ3n) is 6.89. The molecule has 4 aromatic rings. The number of likely N-dealkylation sites (tertiary alicyclic amines) is 1. The Morgan fingerprint density at radius 2 is 1.97 bits per heavy atom. The smallest absolute Gasteiger partial charge is 0.274 e. The summed E-state index contributed by atoms with van der Waals surface area (Å²) < 4.78 is 1.29. The minimum Gasteiger partial charge on any atom is -0.350 e. The maximum absolute atomic E-state index is 13.7. The summed E-state index contributed by atoms with van der Waals surface area (Å²) in [6, 6.07) is 13.6. The minimum atomic E-state index is -0.195. The van der Waals surface area contributed by atoms with Crippen molar-refractivity contribution < 1.29 is 9.59 Å². The van der Waals surface area contributed by atoms with E-state index in [0.717, 1.165) is 32.1 Å². The summed E-state index contributed by atoms with van der Waals surface area (Å²) in [6.45, 7) is 5.10. The normalized spacial score (nSPS) is 20.8. The lowest BCUT2D eigenvalue weighted by Gasteiger charge is -2.27. The van der Waals surface area contributed by atoms with Crippen LogP contribution in [0.3, 0.4) is 0 Å². The fraction of sp³-hybridized carbons (Fsp3) is 0.308. The quantitative estimate of drug-likeness (QED) is 0.371. The van der Waals surface area contributed by atoms with Crippen molar-refractivity contribution in [1.29, 1.82) is 0 Å². The molecule has 2 aromatic heterocycles. The van der Waals surface area contributed by atoms with Gasteiger partial charge in [0.25, 0.3) is 11.8 Å². The van der Waals surface area contributed by atoms with Gasteiger partial charge in [0.05, 0.1) is 31.7 Å². The second-order valence-electron chi connectivity index (χ2n) is 9.29. The van der Waals surface area contributed by atoms with Gasteiger partial charge in [-0.25, -0.2) is 9.97 Å². The number of hydrogen-bond acceptors (Lipinski definition) is 6. The van der Waals surface area contributed by atoms with Crippen LogP contribution in [0.4, 0.5) is 0 Å². The van der Waals surface area contributed by atoms with Crippen molar-refractivity contribution in [2.75, 3.05) is 13.1 Å². The molecule has 35 heavy (non-hydrogen) atoms. The second kappa shape index (κ2) is 8.69. The third kappa shape index (κ3) is 4.13. The molecule has 2 aliphatic rings. The fourth-order valence-electron chi connectivity index (χ4n) is 5.15. The van der Waals surface area contributed by atoms with E-state index in [4.69, 9.17) is 11.6 Å². The van der Waals surface area contributed by atoms with E-state index >= 15 is 0 Å². The third-order valence-corrected chi connectivity index (χ3v) is 9.04. The minimum absolute atomic E-state index is 0.0398. The Balaban J connectivity index is 1.23. The molecule has 1 aliphatic carbocycles. The summed E-state index contributed by atoms with van der Waals surface area (Å²) in [6.07, 6.45) is 1.10. The zero-order valence-corrected chi connectivity index (χ0v) is 21.6. The van der Waals surface area contributed by atoms with Crippen molar-refractivity contribution in [3.05, 3.63) is 68.8 Å². The summed E-state index contributed by atoms with van der Waals surface area (Å²) in [7, 11) is 0. The van der Waals surface area contributed by atoms with E-state index in [1.165, 1.54) is 11.3 Å². The standard InChI is InChI=1S/C26H23ClN4O2S2/c1-13-5-3-6-15(9-13)23-22(29-14(2)34-23)25(33)31-12-16-10-18(16)19(31)11-28-24(32)17-7-4-8-20-21(17)30-26(27)35-20/h3-9,16,18-19H,10-12H2,1-2H3,(H,28,32)/t16-,18-,19+/m0/s1. The number of aryl methyl sites for hydroxylation is 2. The van der Waals surface area contributed by atoms with Crippen LogP contribution < -0.4 is 5.32 Å². The highest BCUT2D eigenvalue weighted by Crippen LogP contribution is 2.50. The maximum Gasteiger partial charge on any atom is 0.274 e. The second-order valence-corrected chi connectivity index (χ2v) is 12.1. The molecule has 0 radical (unpaired) electrons. The van der Waals surface area contributed by atoms with Crippen molar-refractivity contribution in [1.82, 2.24) is 20.2 Å². The number of para-hydroxylation sites is 1. The van der Waals surface area contributed by atoms with Gasteiger partial charge in [0.1, 0.15) is 5.69 Å². The summed E-state index contributed by atoms with van der Waals surface area (Å²) in [4.78, 5) is 38.6. The average Bonchev–Trinajstić information content (AvgIpc) is 3.14. The lowest BCUT2D eigenvalue weighted by molar-refractivity contribution is 0.0690. The topological polar surface area (TPSA) is 75.2 Å². The van der Waals surface area contributed by atoms with E-state index in [0.29, 0.717) is 46.2 Å². The Kier molecular flexibility index (Phi) is 5.62. The molecule has 6 rings (SSSR count). The number of carbonyl (C=O) groups is 2. The van der Waals surface area contributed by atoms with Crippen LogP contribution >= 0.6 is 34.3 Å². The predicted molar refractivity (Wildman–Crippen MR) is 140 cm³/mol. The number of aromatic nitrogens is 2. The highest BCUT2D eigenvalue weighted by molar-refractivity contribution is 7.22. The van der Waals surface area contributed by atoms with E-state index in [2.05, 4.69) is 21.4 Å². The van der Waals surface area contributed by atoms with Gasteiger partial charge in [-0.05, 0) is 49.8 Å². The average molecular weight is 523 g/mol. The van der Waals surface area contributed by atoms with Gasteiger partial charge in [-0.3, -0.25) is 9.59 Å². The molecule has 6 nitrogen and oxygen atoms in total. The molecule has 0 spiro atoms. The number of thiazole rings is 2. The maximum atomic E-state index is 13.7. The molecule has 1 saturated carbocycles. The molecule has 2 aromatic carbocycles. The number of halogens is 1. The van der Waals surface area contributed by atoms with Crippen LogP contribution in [0.2, 0.25) is 4.47 Å². The van der Waals surface area contributed by atoms with Crippen LogP contribution in [0.5, 0.6) is 0 Å². The Labute approximate surface area is 216 Å². The Morgan fingerprint density at radius 1 is 1.14 bits per heavy atom. The molecule has 1 saturated heterocycles. The molecule has 0 unspecified atom stereocenters. The van der Waals surface area contributed by atoms with Crippen LogP contribution in [-0.2, 0) is 0 Å². The van der Waals surface area contributed by atoms with Crippen molar-refractivity contribution in [2.45, 2.75) is 26.3 Å². The zero-order valence-electron chi connectivity index (χ0n) is 19.2. The molecule has 3 heterocycles. The van der Waals surface area contributed by atoms with Gasteiger partial charge in [0.2, 0.25) is 0 Å². The summed E-state index contributed by atoms with van der Waals surface area (Å²) >= 11 is 8.97. The van der Waals surface area contributed by atoms with Crippen molar-refractivity contribution >= 4 is 56.3 Å². The molecule has 1 N–H and O–H groups in total.